The molecule has 1 atom stereocenters. The summed E-state index contributed by atoms with van der Waals surface area (Å²) in [5.74, 6) is -0.622. The molecule has 2 aromatic rings. The van der Waals surface area contributed by atoms with Gasteiger partial charge in [0, 0.05) is 16.3 Å². The average Bonchev–Trinajstić information content (AvgIpc) is 2.61. The van der Waals surface area contributed by atoms with E-state index in [0.29, 0.717) is 27.5 Å². The molecule has 8 heteroatoms. The molecule has 1 N–H and O–H groups in total. The van der Waals surface area contributed by atoms with Crippen molar-refractivity contribution < 1.29 is 18.0 Å². The van der Waals surface area contributed by atoms with E-state index in [4.69, 9.17) is 11.6 Å². The van der Waals surface area contributed by atoms with E-state index in [2.05, 4.69) is 5.32 Å². The SMILES string of the molecule is CC[C@H](C(=O)Nc1cccc(C(C)=O)c1)N(c1cc(Cl)ccc1C)S(C)(=O)=O. The first-order valence-electron chi connectivity index (χ1n) is 8.72. The fraction of sp³-hybridized carbons (Fsp3) is 0.300. The Balaban J connectivity index is 2.44. The lowest BCUT2D eigenvalue weighted by atomic mass is 10.1. The van der Waals surface area contributed by atoms with Gasteiger partial charge in [0.2, 0.25) is 15.9 Å². The Kier molecular flexibility index (Phi) is 6.85. The monoisotopic (exact) mass is 422 g/mol. The van der Waals surface area contributed by atoms with Crippen molar-refractivity contribution in [1.29, 1.82) is 0 Å². The highest BCUT2D eigenvalue weighted by molar-refractivity contribution is 7.92. The molecule has 28 heavy (non-hydrogen) atoms. The standard InChI is InChI=1S/C20H23ClN2O4S/c1-5-18(20(25)22-17-8-6-7-15(11-17)14(3)24)23(28(4,26)27)19-12-16(21)10-9-13(19)2/h6-12,18H,5H2,1-4H3,(H,22,25)/t18-/m1/s1. The Morgan fingerprint density at radius 1 is 1.18 bits per heavy atom. The van der Waals surface area contributed by atoms with Crippen molar-refractivity contribution in [3.05, 3.63) is 58.6 Å². The molecule has 0 heterocycles. The highest BCUT2D eigenvalue weighted by Gasteiger charge is 2.32. The zero-order chi connectivity index (χ0) is 21.1. The van der Waals surface area contributed by atoms with Gasteiger partial charge >= 0.3 is 0 Å². The Hall–Kier alpha value is -2.38. The number of aryl methyl sites for hydroxylation is 1. The van der Waals surface area contributed by atoms with Crippen LogP contribution in [0.4, 0.5) is 11.4 Å². The lowest BCUT2D eigenvalue weighted by Gasteiger charge is -2.31. The second-order valence-electron chi connectivity index (χ2n) is 6.54. The number of carbonyl (C=O) groups excluding carboxylic acids is 2. The van der Waals surface area contributed by atoms with E-state index in [1.807, 2.05) is 0 Å². The molecule has 6 nitrogen and oxygen atoms in total. The third kappa shape index (κ3) is 5.11. The van der Waals surface area contributed by atoms with Crippen molar-refractivity contribution in [3.8, 4) is 0 Å². The van der Waals surface area contributed by atoms with E-state index in [0.717, 1.165) is 10.6 Å². The maximum atomic E-state index is 12.9. The normalized spacial score (nSPS) is 12.3. The first kappa shape index (κ1) is 21.9. The first-order chi connectivity index (χ1) is 13.0. The minimum absolute atomic E-state index is 0.129. The molecule has 0 fully saturated rings. The summed E-state index contributed by atoms with van der Waals surface area (Å²) in [6.07, 6.45) is 1.30. The van der Waals surface area contributed by atoms with Crippen LogP contribution in [-0.2, 0) is 14.8 Å². The number of sulfonamides is 1. The molecule has 150 valence electrons. The van der Waals surface area contributed by atoms with Crippen LogP contribution in [0.2, 0.25) is 5.02 Å². The molecule has 0 aliphatic carbocycles. The van der Waals surface area contributed by atoms with Gasteiger partial charge < -0.3 is 5.32 Å². The second-order valence-corrected chi connectivity index (χ2v) is 8.84. The molecule has 1 amide bonds. The number of benzene rings is 2. The predicted molar refractivity (Wildman–Crippen MR) is 113 cm³/mol. The van der Waals surface area contributed by atoms with Gasteiger partial charge in [-0.1, -0.05) is 36.7 Å². The molecule has 2 rings (SSSR count). The molecule has 0 saturated heterocycles. The van der Waals surface area contributed by atoms with E-state index in [1.54, 1.807) is 50.2 Å². The van der Waals surface area contributed by atoms with Crippen molar-refractivity contribution in [3.63, 3.8) is 0 Å². The lowest BCUT2D eigenvalue weighted by molar-refractivity contribution is -0.117. The van der Waals surface area contributed by atoms with Gasteiger partial charge in [0.15, 0.2) is 5.78 Å². The first-order valence-corrected chi connectivity index (χ1v) is 10.9. The molecule has 0 spiro atoms. The Bertz CT molecular complexity index is 1010. The van der Waals surface area contributed by atoms with Crippen molar-refractivity contribution >= 4 is 44.7 Å². The van der Waals surface area contributed by atoms with Crippen LogP contribution < -0.4 is 9.62 Å². The van der Waals surface area contributed by atoms with Crippen LogP contribution in [-0.4, -0.2) is 32.4 Å². The van der Waals surface area contributed by atoms with Crippen LogP contribution in [0.1, 0.15) is 36.2 Å². The fourth-order valence-electron chi connectivity index (χ4n) is 2.90. The Labute approximate surface area is 170 Å². The quantitative estimate of drug-likeness (QED) is 0.682. The van der Waals surface area contributed by atoms with Gasteiger partial charge in [0.05, 0.1) is 11.9 Å². The Morgan fingerprint density at radius 3 is 2.43 bits per heavy atom. The molecule has 0 aromatic heterocycles. The number of hydrogen-bond acceptors (Lipinski definition) is 4. The summed E-state index contributed by atoms with van der Waals surface area (Å²) in [4.78, 5) is 24.5. The fourth-order valence-corrected chi connectivity index (χ4v) is 4.32. The molecular weight excluding hydrogens is 400 g/mol. The van der Waals surface area contributed by atoms with E-state index in [9.17, 15) is 18.0 Å². The molecule has 2 aromatic carbocycles. The maximum absolute atomic E-state index is 12.9. The van der Waals surface area contributed by atoms with Crippen molar-refractivity contribution in [2.24, 2.45) is 0 Å². The smallest absolute Gasteiger partial charge is 0.248 e. The molecule has 0 bridgehead atoms. The van der Waals surface area contributed by atoms with Crippen LogP contribution in [0, 0.1) is 6.92 Å². The minimum atomic E-state index is -3.77. The van der Waals surface area contributed by atoms with Gasteiger partial charge in [-0.25, -0.2) is 8.42 Å². The van der Waals surface area contributed by atoms with Crippen LogP contribution in [0.3, 0.4) is 0 Å². The Morgan fingerprint density at radius 2 is 1.86 bits per heavy atom. The zero-order valence-electron chi connectivity index (χ0n) is 16.2. The second kappa shape index (κ2) is 8.75. The summed E-state index contributed by atoms with van der Waals surface area (Å²) >= 11 is 6.06. The van der Waals surface area contributed by atoms with Gasteiger partial charge in [-0.15, -0.1) is 0 Å². The van der Waals surface area contributed by atoms with E-state index < -0.39 is 22.0 Å². The lowest BCUT2D eigenvalue weighted by Crippen LogP contribution is -2.47. The van der Waals surface area contributed by atoms with Crippen molar-refractivity contribution in [1.82, 2.24) is 0 Å². The molecule has 0 aliphatic rings. The van der Waals surface area contributed by atoms with Crippen LogP contribution in [0.5, 0.6) is 0 Å². The number of rotatable bonds is 7. The number of nitrogens with one attached hydrogen (secondary N) is 1. The highest BCUT2D eigenvalue weighted by Crippen LogP contribution is 2.29. The number of nitrogens with zero attached hydrogens (tertiary/aromatic N) is 1. The molecule has 0 radical (unpaired) electrons. The minimum Gasteiger partial charge on any atom is -0.324 e. The number of carbonyl (C=O) groups is 2. The van der Waals surface area contributed by atoms with E-state index >= 15 is 0 Å². The van der Waals surface area contributed by atoms with E-state index in [-0.39, 0.29) is 12.2 Å². The number of amides is 1. The highest BCUT2D eigenvalue weighted by atomic mass is 35.5. The summed E-state index contributed by atoms with van der Waals surface area (Å²) in [7, 11) is -3.77. The van der Waals surface area contributed by atoms with Crippen LogP contribution in [0.25, 0.3) is 0 Å². The molecular formula is C20H23ClN2O4S. The summed E-state index contributed by atoms with van der Waals surface area (Å²) in [5, 5.41) is 3.09. The zero-order valence-corrected chi connectivity index (χ0v) is 17.8. The van der Waals surface area contributed by atoms with E-state index in [1.165, 1.54) is 13.0 Å². The summed E-state index contributed by atoms with van der Waals surface area (Å²) in [5.41, 5.74) is 1.91. The molecule has 0 unspecified atom stereocenters. The number of hydrogen-bond donors (Lipinski definition) is 1. The van der Waals surface area contributed by atoms with Crippen molar-refractivity contribution in [2.75, 3.05) is 15.9 Å². The summed E-state index contributed by atoms with van der Waals surface area (Å²) in [6, 6.07) is 10.4. The molecule has 0 saturated carbocycles. The number of Topliss-reactive ketones (excluding diaryl/α,β-unsaturated/α-hetero) is 1. The van der Waals surface area contributed by atoms with Gasteiger partial charge in [0.25, 0.3) is 0 Å². The largest absolute Gasteiger partial charge is 0.324 e. The molecule has 0 aliphatic heterocycles. The van der Waals surface area contributed by atoms with Gasteiger partial charge in [-0.2, -0.15) is 0 Å². The number of halogens is 1. The third-order valence-electron chi connectivity index (χ3n) is 4.27. The number of anilines is 2. The maximum Gasteiger partial charge on any atom is 0.248 e. The van der Waals surface area contributed by atoms with Gasteiger partial charge in [-0.3, -0.25) is 13.9 Å². The van der Waals surface area contributed by atoms with Crippen LogP contribution >= 0.6 is 11.6 Å². The van der Waals surface area contributed by atoms with Crippen molar-refractivity contribution in [2.45, 2.75) is 33.2 Å². The van der Waals surface area contributed by atoms with Gasteiger partial charge in [-0.05, 0) is 50.1 Å². The summed E-state index contributed by atoms with van der Waals surface area (Å²) in [6.45, 7) is 4.92. The average molecular weight is 423 g/mol. The predicted octanol–water partition coefficient (Wildman–Crippen LogP) is 4.03. The van der Waals surface area contributed by atoms with Crippen LogP contribution in [0.15, 0.2) is 42.5 Å². The van der Waals surface area contributed by atoms with Gasteiger partial charge in [0.1, 0.15) is 6.04 Å². The number of ketones is 1. The third-order valence-corrected chi connectivity index (χ3v) is 5.68. The summed E-state index contributed by atoms with van der Waals surface area (Å²) < 4.78 is 26.2. The topological polar surface area (TPSA) is 83.6 Å².